The molecule has 1 atom stereocenters. The summed E-state index contributed by atoms with van der Waals surface area (Å²) in [5, 5.41) is 15.0. The summed E-state index contributed by atoms with van der Waals surface area (Å²) < 4.78 is 7.15. The predicted molar refractivity (Wildman–Crippen MR) is 83.7 cm³/mol. The van der Waals surface area contributed by atoms with Crippen molar-refractivity contribution in [1.29, 1.82) is 0 Å². The van der Waals surface area contributed by atoms with E-state index in [0.29, 0.717) is 11.7 Å². The highest BCUT2D eigenvalue weighted by molar-refractivity contribution is 5.36. The van der Waals surface area contributed by atoms with E-state index in [1.807, 2.05) is 16.8 Å². The second-order valence-electron chi connectivity index (χ2n) is 5.55. The van der Waals surface area contributed by atoms with Crippen molar-refractivity contribution in [2.45, 2.75) is 45.8 Å². The van der Waals surface area contributed by atoms with Crippen LogP contribution in [0.1, 0.15) is 56.0 Å². The Morgan fingerprint density at radius 3 is 2.33 bits per heavy atom. The standard InChI is InChI=1S/C17H24N2O2/c1-5-10-19-16(15(21-4)11-18-19)17(20)14-8-6-13(7-9-14)12(2)3/h6-9,11-12,17,20H,5,10H2,1-4H3. The summed E-state index contributed by atoms with van der Waals surface area (Å²) in [4.78, 5) is 0. The first-order valence-electron chi connectivity index (χ1n) is 7.46. The molecule has 0 saturated heterocycles. The fourth-order valence-electron chi connectivity index (χ4n) is 2.42. The molecule has 0 saturated carbocycles. The van der Waals surface area contributed by atoms with Crippen LogP contribution in [0.3, 0.4) is 0 Å². The summed E-state index contributed by atoms with van der Waals surface area (Å²) in [5.74, 6) is 1.11. The maximum Gasteiger partial charge on any atom is 0.163 e. The number of aryl methyl sites for hydroxylation is 1. The Kier molecular flexibility index (Phi) is 5.02. The highest BCUT2D eigenvalue weighted by Gasteiger charge is 2.21. The van der Waals surface area contributed by atoms with Gasteiger partial charge in [0.15, 0.2) is 5.75 Å². The van der Waals surface area contributed by atoms with E-state index in [9.17, 15) is 5.11 Å². The Morgan fingerprint density at radius 1 is 1.19 bits per heavy atom. The summed E-state index contributed by atoms with van der Waals surface area (Å²) in [7, 11) is 1.60. The van der Waals surface area contributed by atoms with E-state index in [0.717, 1.165) is 24.2 Å². The number of rotatable bonds is 6. The molecule has 0 aliphatic rings. The molecular weight excluding hydrogens is 264 g/mol. The van der Waals surface area contributed by atoms with Crippen LogP contribution in [0.5, 0.6) is 5.75 Å². The molecule has 0 aliphatic heterocycles. The molecule has 1 heterocycles. The second kappa shape index (κ2) is 6.76. The molecule has 2 rings (SSSR count). The van der Waals surface area contributed by atoms with Gasteiger partial charge in [0.2, 0.25) is 0 Å². The lowest BCUT2D eigenvalue weighted by molar-refractivity contribution is 0.202. The van der Waals surface area contributed by atoms with Gasteiger partial charge in [0.1, 0.15) is 11.8 Å². The normalized spacial score (nSPS) is 12.7. The van der Waals surface area contributed by atoms with Gasteiger partial charge in [0, 0.05) is 6.54 Å². The van der Waals surface area contributed by atoms with Crippen molar-refractivity contribution in [2.24, 2.45) is 0 Å². The Hall–Kier alpha value is -1.81. The van der Waals surface area contributed by atoms with Crippen LogP contribution in [0.25, 0.3) is 0 Å². The van der Waals surface area contributed by atoms with Crippen molar-refractivity contribution in [3.05, 3.63) is 47.3 Å². The molecule has 1 N–H and O–H groups in total. The zero-order valence-electron chi connectivity index (χ0n) is 13.2. The molecule has 21 heavy (non-hydrogen) atoms. The first-order chi connectivity index (χ1) is 10.1. The van der Waals surface area contributed by atoms with Crippen molar-refractivity contribution >= 4 is 0 Å². The van der Waals surface area contributed by atoms with E-state index in [-0.39, 0.29) is 0 Å². The third kappa shape index (κ3) is 3.27. The summed E-state index contributed by atoms with van der Waals surface area (Å²) in [6.45, 7) is 7.16. The van der Waals surface area contributed by atoms with E-state index >= 15 is 0 Å². The number of nitrogens with zero attached hydrogens (tertiary/aromatic N) is 2. The van der Waals surface area contributed by atoms with Crippen LogP contribution in [0.2, 0.25) is 0 Å². The minimum atomic E-state index is -0.727. The summed E-state index contributed by atoms with van der Waals surface area (Å²) in [5.41, 5.74) is 2.84. The van der Waals surface area contributed by atoms with Gasteiger partial charge in [0.05, 0.1) is 13.3 Å². The Labute approximate surface area is 126 Å². The van der Waals surface area contributed by atoms with Crippen LogP contribution in [0.15, 0.2) is 30.5 Å². The van der Waals surface area contributed by atoms with Gasteiger partial charge in [-0.25, -0.2) is 0 Å². The second-order valence-corrected chi connectivity index (χ2v) is 5.55. The summed E-state index contributed by atoms with van der Waals surface area (Å²) in [6.07, 6.45) is 1.89. The van der Waals surface area contributed by atoms with Crippen molar-refractivity contribution in [2.75, 3.05) is 7.11 Å². The molecule has 0 aliphatic carbocycles. The SMILES string of the molecule is CCCn1ncc(OC)c1C(O)c1ccc(C(C)C)cc1. The van der Waals surface area contributed by atoms with E-state index in [4.69, 9.17) is 4.74 Å². The average molecular weight is 288 g/mol. The molecule has 1 aromatic heterocycles. The minimum absolute atomic E-state index is 0.483. The van der Waals surface area contributed by atoms with E-state index in [1.54, 1.807) is 13.3 Å². The lowest BCUT2D eigenvalue weighted by Gasteiger charge is -2.16. The molecule has 4 heteroatoms. The van der Waals surface area contributed by atoms with Gasteiger partial charge >= 0.3 is 0 Å². The number of benzene rings is 1. The monoisotopic (exact) mass is 288 g/mol. The van der Waals surface area contributed by atoms with Crippen molar-refractivity contribution < 1.29 is 9.84 Å². The number of aromatic nitrogens is 2. The van der Waals surface area contributed by atoms with Crippen molar-refractivity contribution in [3.8, 4) is 5.75 Å². The van der Waals surface area contributed by atoms with Crippen LogP contribution in [-0.2, 0) is 6.54 Å². The molecule has 0 bridgehead atoms. The highest BCUT2D eigenvalue weighted by atomic mass is 16.5. The Bertz CT molecular complexity index is 573. The maximum atomic E-state index is 10.7. The lowest BCUT2D eigenvalue weighted by atomic mass is 9.99. The first-order valence-corrected chi connectivity index (χ1v) is 7.46. The van der Waals surface area contributed by atoms with E-state index in [2.05, 4.69) is 38.0 Å². The number of ether oxygens (including phenoxy) is 1. The van der Waals surface area contributed by atoms with Crippen LogP contribution in [0.4, 0.5) is 0 Å². The summed E-state index contributed by atoms with van der Waals surface area (Å²) in [6, 6.07) is 8.08. The van der Waals surface area contributed by atoms with E-state index in [1.165, 1.54) is 5.56 Å². The fourth-order valence-corrected chi connectivity index (χ4v) is 2.42. The molecule has 1 unspecified atom stereocenters. The van der Waals surface area contributed by atoms with Gasteiger partial charge in [-0.2, -0.15) is 5.10 Å². The smallest absolute Gasteiger partial charge is 0.163 e. The van der Waals surface area contributed by atoms with E-state index < -0.39 is 6.10 Å². The van der Waals surface area contributed by atoms with Crippen LogP contribution in [-0.4, -0.2) is 22.0 Å². The van der Waals surface area contributed by atoms with Gasteiger partial charge in [-0.3, -0.25) is 4.68 Å². The van der Waals surface area contributed by atoms with Gasteiger partial charge < -0.3 is 9.84 Å². The number of aliphatic hydroxyl groups excluding tert-OH is 1. The zero-order chi connectivity index (χ0) is 15.4. The third-order valence-corrected chi connectivity index (χ3v) is 3.68. The first kappa shape index (κ1) is 15.6. The largest absolute Gasteiger partial charge is 0.493 e. The van der Waals surface area contributed by atoms with Crippen molar-refractivity contribution in [3.63, 3.8) is 0 Å². The zero-order valence-corrected chi connectivity index (χ0v) is 13.2. The van der Waals surface area contributed by atoms with Crippen LogP contribution >= 0.6 is 0 Å². The Morgan fingerprint density at radius 2 is 1.81 bits per heavy atom. The molecule has 4 nitrogen and oxygen atoms in total. The van der Waals surface area contributed by atoms with Gasteiger partial charge in [-0.1, -0.05) is 45.0 Å². The molecular formula is C17H24N2O2. The van der Waals surface area contributed by atoms with Crippen LogP contribution < -0.4 is 4.74 Å². The predicted octanol–water partition coefficient (Wildman–Crippen LogP) is 3.51. The fraction of sp³-hybridized carbons (Fsp3) is 0.471. The van der Waals surface area contributed by atoms with Gasteiger partial charge in [-0.05, 0) is 23.5 Å². The molecule has 1 aromatic carbocycles. The van der Waals surface area contributed by atoms with Crippen molar-refractivity contribution in [1.82, 2.24) is 9.78 Å². The molecule has 2 aromatic rings. The average Bonchev–Trinajstić information content (AvgIpc) is 2.90. The maximum absolute atomic E-state index is 10.7. The minimum Gasteiger partial charge on any atom is -0.493 e. The quantitative estimate of drug-likeness (QED) is 0.885. The number of methoxy groups -OCH3 is 1. The molecule has 0 radical (unpaired) electrons. The number of aliphatic hydroxyl groups is 1. The highest BCUT2D eigenvalue weighted by Crippen LogP contribution is 2.30. The molecule has 0 amide bonds. The van der Waals surface area contributed by atoms with Gasteiger partial charge in [-0.15, -0.1) is 0 Å². The third-order valence-electron chi connectivity index (χ3n) is 3.68. The number of hydrogen-bond donors (Lipinski definition) is 1. The number of hydrogen-bond acceptors (Lipinski definition) is 3. The molecule has 0 fully saturated rings. The van der Waals surface area contributed by atoms with Gasteiger partial charge in [0.25, 0.3) is 0 Å². The molecule has 114 valence electrons. The lowest BCUT2D eigenvalue weighted by Crippen LogP contribution is -2.11. The van der Waals surface area contributed by atoms with Crippen LogP contribution in [0, 0.1) is 0 Å². The Balaban J connectivity index is 2.34. The molecule has 0 spiro atoms. The topological polar surface area (TPSA) is 47.3 Å². The summed E-state index contributed by atoms with van der Waals surface area (Å²) >= 11 is 0.